The maximum Gasteiger partial charge on any atom is 0.295 e. The molecule has 2 rings (SSSR count). The smallest absolute Gasteiger partial charge is 0.295 e. The monoisotopic (exact) mass is 291 g/mol. The fourth-order valence-electron chi connectivity index (χ4n) is 1.64. The first-order valence-electron chi connectivity index (χ1n) is 5.92. The number of nitrogens with zero attached hydrogens (tertiary/aromatic N) is 2. The lowest BCUT2D eigenvalue weighted by Crippen LogP contribution is -2.04. The van der Waals surface area contributed by atoms with Crippen molar-refractivity contribution in [3.8, 4) is 5.75 Å². The van der Waals surface area contributed by atoms with Gasteiger partial charge in [0, 0.05) is 17.5 Å². The molecule has 3 N–H and O–H groups in total. The molecule has 1 aromatic carbocycles. The van der Waals surface area contributed by atoms with Crippen LogP contribution in [0.5, 0.6) is 5.75 Å². The summed E-state index contributed by atoms with van der Waals surface area (Å²) in [5, 5.41) is 3.20. The molecule has 0 radical (unpaired) electrons. The van der Waals surface area contributed by atoms with E-state index in [-0.39, 0.29) is 6.35 Å². The Kier molecular flexibility index (Phi) is 5.04. The van der Waals surface area contributed by atoms with E-state index in [4.69, 9.17) is 20.1 Å². The van der Waals surface area contributed by atoms with E-state index in [0.717, 1.165) is 11.4 Å². The molecule has 20 heavy (non-hydrogen) atoms. The van der Waals surface area contributed by atoms with Crippen LogP contribution < -0.4 is 10.1 Å². The van der Waals surface area contributed by atoms with Gasteiger partial charge >= 0.3 is 0 Å². The number of nitrogens with one attached hydrogen (secondary N) is 1. The van der Waals surface area contributed by atoms with Crippen molar-refractivity contribution in [2.75, 3.05) is 11.7 Å². The molecule has 0 heterocycles. The van der Waals surface area contributed by atoms with Crippen LogP contribution >= 0.6 is 8.38 Å². The van der Waals surface area contributed by atoms with Crippen molar-refractivity contribution in [3.05, 3.63) is 53.7 Å². The molecule has 0 amide bonds. The average Bonchev–Trinajstić information content (AvgIpc) is 2.47. The average molecular weight is 291 g/mol. The summed E-state index contributed by atoms with van der Waals surface area (Å²) in [5.41, 5.74) is 11.0. The van der Waals surface area contributed by atoms with Crippen molar-refractivity contribution in [2.45, 2.75) is 6.42 Å². The van der Waals surface area contributed by atoms with E-state index in [1.807, 2.05) is 24.3 Å². The lowest BCUT2D eigenvalue weighted by molar-refractivity contribution is -0.00540. The van der Waals surface area contributed by atoms with Gasteiger partial charge in [-0.25, -0.2) is 0 Å². The van der Waals surface area contributed by atoms with Crippen molar-refractivity contribution < 1.29 is 19.3 Å². The van der Waals surface area contributed by atoms with Gasteiger partial charge in [0.2, 0.25) is 8.38 Å². The first kappa shape index (κ1) is 14.4. The number of anilines is 1. The molecule has 0 aliphatic heterocycles. The van der Waals surface area contributed by atoms with Gasteiger partial charge in [-0.1, -0.05) is 0 Å². The van der Waals surface area contributed by atoms with Gasteiger partial charge < -0.3 is 25.4 Å². The van der Waals surface area contributed by atoms with E-state index in [9.17, 15) is 0 Å². The number of rotatable bonds is 5. The molecule has 0 unspecified atom stereocenters. The number of hydrogen-bond acceptors (Lipinski definition) is 4. The van der Waals surface area contributed by atoms with Crippen LogP contribution in [0.4, 0.5) is 5.69 Å². The topological polar surface area (TPSA) is 98.1 Å². The van der Waals surface area contributed by atoms with Gasteiger partial charge in [-0.15, -0.1) is 0 Å². The molecule has 0 fully saturated rings. The predicted octanol–water partition coefficient (Wildman–Crippen LogP) is 2.25. The van der Waals surface area contributed by atoms with Gasteiger partial charge in [0.1, 0.15) is 5.75 Å². The van der Waals surface area contributed by atoms with Crippen molar-refractivity contribution in [2.24, 2.45) is 0 Å². The normalized spacial score (nSPS) is 13.9. The maximum absolute atomic E-state index is 8.77. The lowest BCUT2D eigenvalue weighted by Gasteiger charge is -2.11. The van der Waals surface area contributed by atoms with Crippen LogP contribution in [0.25, 0.3) is 5.53 Å². The highest BCUT2D eigenvalue weighted by Crippen LogP contribution is 2.25. The molecule has 1 aromatic rings. The van der Waals surface area contributed by atoms with Crippen LogP contribution in [-0.2, 0) is 0 Å². The van der Waals surface area contributed by atoms with Crippen molar-refractivity contribution >= 4 is 19.8 Å². The van der Waals surface area contributed by atoms with Gasteiger partial charge in [0.25, 0.3) is 5.71 Å². The first-order chi connectivity index (χ1) is 9.67. The SMILES string of the molecule is [N-]=[N+]=C1C=CC(Nc2ccc(OCP(O)O)cc2)=CC1. The highest BCUT2D eigenvalue weighted by molar-refractivity contribution is 7.44. The molecule has 104 valence electrons. The molecular weight excluding hydrogens is 277 g/mol. The first-order valence-corrected chi connectivity index (χ1v) is 7.35. The molecular formula is C13H14N3O3P. The molecule has 6 nitrogen and oxygen atoms in total. The quantitative estimate of drug-likeness (QED) is 0.440. The van der Waals surface area contributed by atoms with Crippen LogP contribution in [0, 0.1) is 0 Å². The highest BCUT2D eigenvalue weighted by atomic mass is 31.2. The Balaban J connectivity index is 1.93. The molecule has 0 saturated carbocycles. The van der Waals surface area contributed by atoms with Crippen molar-refractivity contribution in [1.29, 1.82) is 0 Å². The summed E-state index contributed by atoms with van der Waals surface area (Å²) in [4.78, 5) is 20.7. The zero-order valence-corrected chi connectivity index (χ0v) is 11.5. The van der Waals surface area contributed by atoms with Crippen LogP contribution in [0.15, 0.2) is 48.2 Å². The third-order valence-corrected chi connectivity index (χ3v) is 2.96. The van der Waals surface area contributed by atoms with Gasteiger partial charge in [0.05, 0.1) is 6.42 Å². The van der Waals surface area contributed by atoms with E-state index < -0.39 is 8.38 Å². The second-order valence-electron chi connectivity index (χ2n) is 4.08. The van der Waals surface area contributed by atoms with Crippen LogP contribution in [0.1, 0.15) is 6.42 Å². The molecule has 0 saturated heterocycles. The summed E-state index contributed by atoms with van der Waals surface area (Å²) < 4.78 is 5.17. The number of ether oxygens (including phenoxy) is 1. The number of benzene rings is 1. The molecule has 0 bridgehead atoms. The summed E-state index contributed by atoms with van der Waals surface area (Å²) >= 11 is 0. The lowest BCUT2D eigenvalue weighted by atomic mass is 10.1. The largest absolute Gasteiger partial charge is 0.484 e. The molecule has 1 aliphatic carbocycles. The van der Waals surface area contributed by atoms with Gasteiger partial charge in [0.15, 0.2) is 6.35 Å². The van der Waals surface area contributed by atoms with E-state index in [1.165, 1.54) is 0 Å². The minimum absolute atomic E-state index is 0.0979. The summed E-state index contributed by atoms with van der Waals surface area (Å²) in [7, 11) is -2.04. The van der Waals surface area contributed by atoms with E-state index in [2.05, 4.69) is 10.1 Å². The Hall–Kier alpha value is -1.97. The molecule has 7 heteroatoms. The number of allylic oxidation sites excluding steroid dienone is 3. The molecule has 0 spiro atoms. The summed E-state index contributed by atoms with van der Waals surface area (Å²) in [5.74, 6) is 0.578. The van der Waals surface area contributed by atoms with Crippen LogP contribution in [0.2, 0.25) is 0 Å². The van der Waals surface area contributed by atoms with E-state index in [0.29, 0.717) is 17.9 Å². The van der Waals surface area contributed by atoms with Gasteiger partial charge in [-0.05, 0) is 36.4 Å². The zero-order chi connectivity index (χ0) is 14.4. The molecule has 1 aliphatic rings. The summed E-state index contributed by atoms with van der Waals surface area (Å²) in [6.07, 6.45) is 5.97. The Morgan fingerprint density at radius 3 is 2.55 bits per heavy atom. The van der Waals surface area contributed by atoms with Crippen molar-refractivity contribution in [1.82, 2.24) is 0 Å². The second-order valence-corrected chi connectivity index (χ2v) is 5.09. The minimum Gasteiger partial charge on any atom is -0.484 e. The van der Waals surface area contributed by atoms with Crippen molar-refractivity contribution in [3.63, 3.8) is 0 Å². The zero-order valence-electron chi connectivity index (χ0n) is 10.6. The third-order valence-electron chi connectivity index (χ3n) is 2.60. The fourth-order valence-corrected chi connectivity index (χ4v) is 1.90. The number of hydrogen-bond donors (Lipinski definition) is 3. The maximum atomic E-state index is 8.77. The van der Waals surface area contributed by atoms with Gasteiger partial charge in [-0.3, -0.25) is 0 Å². The van der Waals surface area contributed by atoms with Crippen LogP contribution in [-0.4, -0.2) is 26.6 Å². The summed E-state index contributed by atoms with van der Waals surface area (Å²) in [6.45, 7) is 0. The minimum atomic E-state index is -2.04. The summed E-state index contributed by atoms with van der Waals surface area (Å²) in [6, 6.07) is 7.15. The van der Waals surface area contributed by atoms with E-state index >= 15 is 0 Å². The third kappa shape index (κ3) is 4.30. The Bertz CT molecular complexity index is 575. The molecule has 0 aromatic heterocycles. The van der Waals surface area contributed by atoms with Gasteiger partial charge in [-0.2, -0.15) is 4.79 Å². The second kappa shape index (κ2) is 6.98. The highest BCUT2D eigenvalue weighted by Gasteiger charge is 2.08. The van der Waals surface area contributed by atoms with Crippen LogP contribution in [0.3, 0.4) is 0 Å². The predicted molar refractivity (Wildman–Crippen MR) is 77.4 cm³/mol. The Labute approximate surface area is 117 Å². The Morgan fingerprint density at radius 1 is 1.25 bits per heavy atom. The standard InChI is InChI=1S/C13H14N3O3P/c14-16-12-3-1-10(2-4-12)15-11-5-7-13(8-6-11)19-9-20(17)18/h1-3,5-8,15,17-18H,4,9H2. The fraction of sp³-hybridized carbons (Fsp3) is 0.154. The van der Waals surface area contributed by atoms with E-state index in [1.54, 1.807) is 18.2 Å². The Morgan fingerprint density at radius 2 is 2.00 bits per heavy atom. The molecule has 0 atom stereocenters.